The molecule has 1 unspecified atom stereocenters. The van der Waals surface area contributed by atoms with Gasteiger partial charge in [0.05, 0.1) is 7.11 Å². The van der Waals surface area contributed by atoms with E-state index in [1.807, 2.05) is 12.1 Å². The number of hydrogen-bond acceptors (Lipinski definition) is 3. The minimum absolute atomic E-state index is 0.147. The zero-order chi connectivity index (χ0) is 11.2. The van der Waals surface area contributed by atoms with Gasteiger partial charge in [-0.3, -0.25) is 0 Å². The summed E-state index contributed by atoms with van der Waals surface area (Å²) in [6.07, 6.45) is 4.49. The topological polar surface area (TPSA) is 38.7 Å². The molecule has 0 bridgehead atoms. The molecule has 0 saturated heterocycles. The van der Waals surface area contributed by atoms with Gasteiger partial charge in [-0.1, -0.05) is 11.2 Å². The minimum atomic E-state index is -0.147. The summed E-state index contributed by atoms with van der Waals surface area (Å²) in [5.74, 6) is 0.824. The molecule has 0 heterocycles. The van der Waals surface area contributed by atoms with Gasteiger partial charge in [0.25, 0.3) is 0 Å². The van der Waals surface area contributed by atoms with Crippen LogP contribution in [0.4, 0.5) is 0 Å². The fourth-order valence-corrected chi connectivity index (χ4v) is 2.88. The van der Waals surface area contributed by atoms with Crippen molar-refractivity contribution in [2.75, 3.05) is 7.11 Å². The van der Waals surface area contributed by atoms with Crippen LogP contribution in [0.3, 0.4) is 0 Å². The highest BCUT2D eigenvalue weighted by Crippen LogP contribution is 2.62. The maximum absolute atomic E-state index is 11.1. The predicted molar refractivity (Wildman–Crippen MR) is 61.5 cm³/mol. The lowest BCUT2D eigenvalue weighted by Crippen LogP contribution is -2.20. The quantitative estimate of drug-likeness (QED) is 0.713. The molecule has 0 amide bonds. The number of ether oxygens (including phenoxy) is 1. The molecule has 3 rings (SSSR count). The average molecular weight is 217 g/mol. The predicted octanol–water partition coefficient (Wildman–Crippen LogP) is 3.23. The summed E-state index contributed by atoms with van der Waals surface area (Å²) in [4.78, 5) is 11.1. The fourth-order valence-electron chi connectivity index (χ4n) is 2.88. The first-order chi connectivity index (χ1) is 7.79. The molecule has 1 saturated carbocycles. The van der Waals surface area contributed by atoms with E-state index >= 15 is 0 Å². The molecule has 2 aliphatic rings. The molecule has 84 valence electrons. The summed E-state index contributed by atoms with van der Waals surface area (Å²) >= 11 is 0. The third-order valence-electron chi connectivity index (χ3n) is 4.12. The molecule has 0 N–H and O–H groups in total. The molecule has 1 aromatic rings. The first kappa shape index (κ1) is 9.82. The first-order valence-corrected chi connectivity index (χ1v) is 5.78. The zero-order valence-corrected chi connectivity index (χ0v) is 9.40. The van der Waals surface area contributed by atoms with Gasteiger partial charge in [0.2, 0.25) is 0 Å². The monoisotopic (exact) mass is 217 g/mol. The highest BCUT2D eigenvalue weighted by Gasteiger charge is 2.53. The summed E-state index contributed by atoms with van der Waals surface area (Å²) in [5.41, 5.74) is 2.56. The molecule has 0 aromatic heterocycles. The Morgan fingerprint density at radius 1 is 1.38 bits per heavy atom. The van der Waals surface area contributed by atoms with Crippen LogP contribution < -0.4 is 4.74 Å². The van der Waals surface area contributed by atoms with Crippen LogP contribution >= 0.6 is 0 Å². The van der Waals surface area contributed by atoms with Gasteiger partial charge in [0.15, 0.2) is 0 Å². The van der Waals surface area contributed by atoms with Crippen LogP contribution in [0.5, 0.6) is 5.75 Å². The Hall–Kier alpha value is -1.38. The van der Waals surface area contributed by atoms with Crippen molar-refractivity contribution >= 4 is 0 Å². The van der Waals surface area contributed by atoms with E-state index in [2.05, 4.69) is 11.2 Å². The van der Waals surface area contributed by atoms with Crippen LogP contribution in [0.1, 0.15) is 36.4 Å². The fraction of sp³-hybridized carbons (Fsp3) is 0.538. The molecule has 1 fully saturated rings. The summed E-state index contributed by atoms with van der Waals surface area (Å²) < 4.78 is 5.22. The average Bonchev–Trinajstić information content (AvgIpc) is 3.09. The van der Waals surface area contributed by atoms with E-state index in [0.717, 1.165) is 37.0 Å². The van der Waals surface area contributed by atoms with Crippen molar-refractivity contribution < 1.29 is 4.74 Å². The van der Waals surface area contributed by atoms with Gasteiger partial charge in [-0.15, -0.1) is 0 Å². The standard InChI is InChI=1S/C13H15NO2/c1-16-10-3-2-9-4-5-13(6-7-13)12(14-15)11(9)8-10/h2-3,8,12H,4-7H2,1H3. The van der Waals surface area contributed by atoms with Crippen molar-refractivity contribution in [1.29, 1.82) is 0 Å². The third kappa shape index (κ3) is 1.27. The van der Waals surface area contributed by atoms with Gasteiger partial charge >= 0.3 is 0 Å². The van der Waals surface area contributed by atoms with Gasteiger partial charge in [0, 0.05) is 5.41 Å². The second-order valence-corrected chi connectivity index (χ2v) is 4.94. The summed E-state index contributed by atoms with van der Waals surface area (Å²) in [7, 11) is 1.65. The molecule has 1 atom stereocenters. The van der Waals surface area contributed by atoms with Crippen LogP contribution in [0, 0.1) is 10.3 Å². The number of fused-ring (bicyclic) bond motifs is 1. The van der Waals surface area contributed by atoms with E-state index in [0.29, 0.717) is 0 Å². The Balaban J connectivity index is 2.08. The van der Waals surface area contributed by atoms with Gasteiger partial charge in [-0.2, -0.15) is 4.91 Å². The molecular formula is C13H15NO2. The molecule has 2 aliphatic carbocycles. The number of nitrogens with zero attached hydrogens (tertiary/aromatic N) is 1. The van der Waals surface area contributed by atoms with E-state index in [9.17, 15) is 4.91 Å². The maximum atomic E-state index is 11.1. The van der Waals surface area contributed by atoms with E-state index in [4.69, 9.17) is 4.74 Å². The summed E-state index contributed by atoms with van der Waals surface area (Å²) in [6.45, 7) is 0. The van der Waals surface area contributed by atoms with Crippen LogP contribution in [0.15, 0.2) is 23.4 Å². The molecule has 0 aliphatic heterocycles. The van der Waals surface area contributed by atoms with E-state index in [1.54, 1.807) is 7.11 Å². The lowest BCUT2D eigenvalue weighted by molar-refractivity contribution is 0.351. The summed E-state index contributed by atoms with van der Waals surface area (Å²) in [5, 5.41) is 3.37. The second kappa shape index (κ2) is 3.30. The van der Waals surface area contributed by atoms with Gasteiger partial charge in [-0.25, -0.2) is 0 Å². The van der Waals surface area contributed by atoms with Crippen molar-refractivity contribution in [3.05, 3.63) is 34.2 Å². The van der Waals surface area contributed by atoms with Crippen LogP contribution in [-0.4, -0.2) is 7.11 Å². The molecular weight excluding hydrogens is 202 g/mol. The number of methoxy groups -OCH3 is 1. The number of hydrogen-bond donors (Lipinski definition) is 0. The van der Waals surface area contributed by atoms with Crippen molar-refractivity contribution in [2.45, 2.75) is 31.7 Å². The largest absolute Gasteiger partial charge is 0.497 e. The number of nitroso groups, excluding NO2 is 1. The zero-order valence-electron chi connectivity index (χ0n) is 9.40. The highest BCUT2D eigenvalue weighted by molar-refractivity contribution is 5.42. The van der Waals surface area contributed by atoms with Crippen molar-refractivity contribution in [1.82, 2.24) is 0 Å². The Morgan fingerprint density at radius 2 is 2.19 bits per heavy atom. The molecule has 0 radical (unpaired) electrons. The van der Waals surface area contributed by atoms with Gasteiger partial charge in [0.1, 0.15) is 11.8 Å². The third-order valence-corrected chi connectivity index (χ3v) is 4.12. The molecule has 3 nitrogen and oxygen atoms in total. The Morgan fingerprint density at radius 3 is 2.81 bits per heavy atom. The molecule has 16 heavy (non-hydrogen) atoms. The number of rotatable bonds is 2. The summed E-state index contributed by atoms with van der Waals surface area (Å²) in [6, 6.07) is 5.87. The SMILES string of the molecule is COc1ccc2c(c1)C(N=O)C1(CC2)CC1. The second-order valence-electron chi connectivity index (χ2n) is 4.94. The van der Waals surface area contributed by atoms with Crippen molar-refractivity contribution in [3.63, 3.8) is 0 Å². The first-order valence-electron chi connectivity index (χ1n) is 5.78. The van der Waals surface area contributed by atoms with E-state index in [-0.39, 0.29) is 11.5 Å². The number of aryl methyl sites for hydroxylation is 1. The van der Waals surface area contributed by atoms with Crippen molar-refractivity contribution in [2.24, 2.45) is 10.6 Å². The van der Waals surface area contributed by atoms with E-state index in [1.165, 1.54) is 5.56 Å². The van der Waals surface area contributed by atoms with Gasteiger partial charge < -0.3 is 4.74 Å². The Kier molecular flexibility index (Phi) is 2.03. The smallest absolute Gasteiger partial charge is 0.123 e. The lowest BCUT2D eigenvalue weighted by Gasteiger charge is -2.29. The van der Waals surface area contributed by atoms with Crippen LogP contribution in [-0.2, 0) is 6.42 Å². The number of benzene rings is 1. The lowest BCUT2D eigenvalue weighted by atomic mass is 9.77. The Bertz CT molecular complexity index is 438. The van der Waals surface area contributed by atoms with E-state index < -0.39 is 0 Å². The normalized spacial score (nSPS) is 24.9. The van der Waals surface area contributed by atoms with Crippen LogP contribution in [0.25, 0.3) is 0 Å². The molecule has 3 heteroatoms. The van der Waals surface area contributed by atoms with Crippen LogP contribution in [0.2, 0.25) is 0 Å². The highest BCUT2D eigenvalue weighted by atomic mass is 16.5. The van der Waals surface area contributed by atoms with Gasteiger partial charge in [-0.05, 0) is 48.9 Å². The molecule has 1 aromatic carbocycles. The Labute approximate surface area is 94.8 Å². The molecule has 1 spiro atoms. The minimum Gasteiger partial charge on any atom is -0.497 e. The van der Waals surface area contributed by atoms with Crippen molar-refractivity contribution in [3.8, 4) is 5.75 Å². The maximum Gasteiger partial charge on any atom is 0.123 e.